The van der Waals surface area contributed by atoms with Crippen molar-refractivity contribution in [2.45, 2.75) is 12.8 Å². The van der Waals surface area contributed by atoms with Gasteiger partial charge in [-0.1, -0.05) is 4.68 Å². The van der Waals surface area contributed by atoms with Crippen molar-refractivity contribution in [3.63, 3.8) is 0 Å². The average molecular weight is 378 g/mol. The summed E-state index contributed by atoms with van der Waals surface area (Å²) < 4.78 is 12.5. The zero-order valence-corrected chi connectivity index (χ0v) is 15.5. The Balaban J connectivity index is 1.77. The van der Waals surface area contributed by atoms with Gasteiger partial charge in [0.2, 0.25) is 0 Å². The lowest BCUT2D eigenvalue weighted by Crippen LogP contribution is -2.25. The number of fused-ring (bicyclic) bond motifs is 1. The topological polar surface area (TPSA) is 86.7 Å². The van der Waals surface area contributed by atoms with E-state index >= 15 is 0 Å². The first-order valence-electron chi connectivity index (χ1n) is 8.76. The average Bonchev–Trinajstić information content (AvgIpc) is 3.16. The van der Waals surface area contributed by atoms with Gasteiger partial charge in [-0.15, -0.1) is 0 Å². The van der Waals surface area contributed by atoms with Gasteiger partial charge in [-0.2, -0.15) is 0 Å². The molecule has 2 aliphatic rings. The first-order chi connectivity index (χ1) is 13.6. The second-order valence-electron chi connectivity index (χ2n) is 6.34. The summed E-state index contributed by atoms with van der Waals surface area (Å²) in [5.41, 5.74) is 3.72. The van der Waals surface area contributed by atoms with Crippen LogP contribution in [0.5, 0.6) is 17.2 Å². The molecule has 7 heteroatoms. The zero-order chi connectivity index (χ0) is 19.7. The number of methoxy groups -OCH3 is 2. The molecular weight excluding hydrogens is 358 g/mol. The van der Waals surface area contributed by atoms with E-state index in [-0.39, 0.29) is 18.5 Å². The predicted octanol–water partition coefficient (Wildman–Crippen LogP) is 2.09. The Morgan fingerprint density at radius 1 is 1.04 bits per heavy atom. The summed E-state index contributed by atoms with van der Waals surface area (Å²) in [6.45, 7) is -0.242. The van der Waals surface area contributed by atoms with Crippen molar-refractivity contribution < 1.29 is 24.4 Å². The molecule has 1 unspecified atom stereocenters. The van der Waals surface area contributed by atoms with E-state index in [0.717, 1.165) is 22.6 Å². The van der Waals surface area contributed by atoms with Crippen LogP contribution in [-0.2, 0) is 6.61 Å². The number of aliphatic imine (C=N–C) groups is 1. The molecule has 7 nitrogen and oxygen atoms in total. The minimum atomic E-state index is -0.242. The Kier molecular flexibility index (Phi) is 4.67. The minimum Gasteiger partial charge on any atom is -0.508 e. The molecule has 2 aromatic carbocycles. The molecule has 0 radical (unpaired) electrons. The molecule has 0 aliphatic carbocycles. The quantitative estimate of drug-likeness (QED) is 0.780. The number of ether oxygens (including phenoxy) is 2. The lowest BCUT2D eigenvalue weighted by molar-refractivity contribution is -0.553. The van der Waals surface area contributed by atoms with Crippen molar-refractivity contribution in [2.24, 2.45) is 10.1 Å². The third kappa shape index (κ3) is 3.05. The second-order valence-corrected chi connectivity index (χ2v) is 6.34. The van der Waals surface area contributed by atoms with Crippen molar-refractivity contribution in [3.05, 3.63) is 65.2 Å². The fourth-order valence-corrected chi connectivity index (χ4v) is 3.21. The number of phenols is 1. The molecule has 1 atom stereocenters. The summed E-state index contributed by atoms with van der Waals surface area (Å²) in [6, 6.07) is 10.7. The number of hydrogen-bond donors (Lipinski definition) is 2. The highest BCUT2D eigenvalue weighted by Gasteiger charge is 2.33. The molecule has 0 saturated heterocycles. The Hall–Kier alpha value is -3.45. The fraction of sp³-hybridized carbons (Fsp3) is 0.190. The Morgan fingerprint density at radius 3 is 2.57 bits per heavy atom. The van der Waals surface area contributed by atoms with Gasteiger partial charge in [-0.3, -0.25) is 0 Å². The van der Waals surface area contributed by atoms with E-state index in [1.165, 1.54) is 0 Å². The van der Waals surface area contributed by atoms with E-state index in [4.69, 9.17) is 14.6 Å². The third-order valence-corrected chi connectivity index (χ3v) is 4.71. The highest BCUT2D eigenvalue weighted by atomic mass is 16.5. The molecule has 2 aromatic rings. The molecule has 0 fully saturated rings. The number of allylic oxidation sites excluding steroid dienone is 1. The number of hydrazone groups is 1. The largest absolute Gasteiger partial charge is 0.508 e. The maximum Gasteiger partial charge on any atom is 0.297 e. The molecule has 0 amide bonds. The van der Waals surface area contributed by atoms with Gasteiger partial charge >= 0.3 is 0 Å². The van der Waals surface area contributed by atoms with E-state index in [1.54, 1.807) is 38.6 Å². The highest BCUT2D eigenvalue weighted by molar-refractivity contribution is 6.36. The molecule has 2 heterocycles. The molecular formula is C21H20N3O4+. The summed E-state index contributed by atoms with van der Waals surface area (Å²) in [5, 5.41) is 24.0. The van der Waals surface area contributed by atoms with Crippen LogP contribution in [-0.4, -0.2) is 52.9 Å². The van der Waals surface area contributed by atoms with Gasteiger partial charge < -0.3 is 19.7 Å². The van der Waals surface area contributed by atoms with E-state index in [0.29, 0.717) is 17.1 Å². The van der Waals surface area contributed by atoms with Crippen LogP contribution >= 0.6 is 0 Å². The van der Waals surface area contributed by atoms with E-state index in [2.05, 4.69) is 4.99 Å². The van der Waals surface area contributed by atoms with Crippen LogP contribution in [0.15, 0.2) is 58.6 Å². The van der Waals surface area contributed by atoms with E-state index in [9.17, 15) is 10.2 Å². The van der Waals surface area contributed by atoms with E-state index < -0.39 is 0 Å². The highest BCUT2D eigenvalue weighted by Crippen LogP contribution is 2.29. The van der Waals surface area contributed by atoms with Crippen LogP contribution < -0.4 is 9.47 Å². The standard InChI is InChI=1S/C21H19N3O4/c1-27-19-7-4-13(10-20(19)28-2)16-5-8-21-22-11-17(24(21)23-16)14-3-6-18(26)15(9-14)12-25/h3-11,21,25H,12H2,1-2H3/p+1. The zero-order valence-electron chi connectivity index (χ0n) is 15.5. The number of aliphatic hydroxyl groups excluding tert-OH is 1. The van der Waals surface area contributed by atoms with Crippen molar-refractivity contribution in [2.75, 3.05) is 14.2 Å². The number of aliphatic hydroxyl groups is 1. The SMILES string of the molecule is COc1ccc(C2=N[N+]3=C(c4ccc(O)c(CO)c4)C=NC3C=C2)cc1OC. The van der Waals surface area contributed by atoms with Crippen LogP contribution in [0.25, 0.3) is 0 Å². The molecule has 2 N–H and O–H groups in total. The van der Waals surface area contributed by atoms with E-state index in [1.807, 2.05) is 35.0 Å². The van der Waals surface area contributed by atoms with Gasteiger partial charge in [-0.25, -0.2) is 4.99 Å². The first kappa shape index (κ1) is 17.9. The number of aromatic hydroxyl groups is 1. The van der Waals surface area contributed by atoms with Crippen LogP contribution in [0.1, 0.15) is 16.7 Å². The van der Waals surface area contributed by atoms with Crippen LogP contribution in [0.4, 0.5) is 0 Å². The summed E-state index contributed by atoms with van der Waals surface area (Å²) in [5.74, 6) is 1.35. The molecule has 2 aliphatic heterocycles. The summed E-state index contributed by atoms with van der Waals surface area (Å²) in [6.07, 6.45) is 5.43. The molecule has 28 heavy (non-hydrogen) atoms. The third-order valence-electron chi connectivity index (χ3n) is 4.71. The number of rotatable bonds is 5. The molecule has 0 spiro atoms. The number of hydrogen-bond acceptors (Lipinski definition) is 6. The molecule has 0 bridgehead atoms. The first-order valence-corrected chi connectivity index (χ1v) is 8.76. The monoisotopic (exact) mass is 378 g/mol. The van der Waals surface area contributed by atoms with Crippen molar-refractivity contribution in [3.8, 4) is 17.2 Å². The molecule has 4 rings (SSSR count). The maximum atomic E-state index is 9.82. The van der Waals surface area contributed by atoms with Gasteiger partial charge in [0.25, 0.3) is 11.9 Å². The normalized spacial score (nSPS) is 17.5. The van der Waals surface area contributed by atoms with Gasteiger partial charge in [0.15, 0.2) is 11.5 Å². The summed E-state index contributed by atoms with van der Waals surface area (Å²) >= 11 is 0. The lowest BCUT2D eigenvalue weighted by Gasteiger charge is -2.11. The molecule has 142 valence electrons. The second kappa shape index (κ2) is 7.28. The maximum absolute atomic E-state index is 9.82. The smallest absolute Gasteiger partial charge is 0.297 e. The van der Waals surface area contributed by atoms with Crippen LogP contribution in [0.3, 0.4) is 0 Å². The fourth-order valence-electron chi connectivity index (χ4n) is 3.21. The summed E-state index contributed by atoms with van der Waals surface area (Å²) in [4.78, 5) is 4.48. The molecule has 0 aromatic heterocycles. The van der Waals surface area contributed by atoms with Gasteiger partial charge in [0, 0.05) is 22.3 Å². The van der Waals surface area contributed by atoms with Crippen LogP contribution in [0, 0.1) is 0 Å². The predicted molar refractivity (Wildman–Crippen MR) is 106 cm³/mol. The van der Waals surface area contributed by atoms with Crippen molar-refractivity contribution in [1.82, 2.24) is 0 Å². The van der Waals surface area contributed by atoms with Crippen molar-refractivity contribution >= 4 is 17.6 Å². The number of benzene rings is 2. The van der Waals surface area contributed by atoms with Gasteiger partial charge in [0.05, 0.1) is 26.4 Å². The number of nitrogens with zero attached hydrogens (tertiary/aromatic N) is 3. The van der Waals surface area contributed by atoms with Crippen molar-refractivity contribution in [1.29, 1.82) is 0 Å². The lowest BCUT2D eigenvalue weighted by atomic mass is 10.1. The summed E-state index contributed by atoms with van der Waals surface area (Å²) in [7, 11) is 3.20. The Morgan fingerprint density at radius 2 is 1.82 bits per heavy atom. The van der Waals surface area contributed by atoms with Gasteiger partial charge in [0.1, 0.15) is 17.7 Å². The minimum absolute atomic E-state index is 0.0615. The van der Waals surface area contributed by atoms with Gasteiger partial charge in [-0.05, 0) is 42.5 Å². The molecule has 0 saturated carbocycles. The van der Waals surface area contributed by atoms with Crippen LogP contribution in [0.2, 0.25) is 0 Å². The Labute approximate surface area is 162 Å². The Bertz CT molecular complexity index is 1050.